The first kappa shape index (κ1) is 34.5. The lowest BCUT2D eigenvalue weighted by atomic mass is 9.48. The van der Waals surface area contributed by atoms with E-state index in [0.717, 1.165) is 40.9 Å². The van der Waals surface area contributed by atoms with Gasteiger partial charge in [0.2, 0.25) is 0 Å². The lowest BCUT2D eigenvalue weighted by molar-refractivity contribution is -0.0571. The van der Waals surface area contributed by atoms with Crippen LogP contribution in [0.25, 0.3) is 11.4 Å². The van der Waals surface area contributed by atoms with E-state index in [0.29, 0.717) is 35.0 Å². The van der Waals surface area contributed by atoms with Crippen molar-refractivity contribution in [1.29, 1.82) is 0 Å². The van der Waals surface area contributed by atoms with E-state index in [4.69, 9.17) is 14.5 Å². The van der Waals surface area contributed by atoms with Crippen LogP contribution in [0, 0.1) is 30.1 Å². The predicted octanol–water partition coefficient (Wildman–Crippen LogP) is 9.79. The van der Waals surface area contributed by atoms with Crippen LogP contribution in [-0.4, -0.2) is 33.2 Å². The predicted molar refractivity (Wildman–Crippen MR) is 198 cm³/mol. The van der Waals surface area contributed by atoms with Gasteiger partial charge >= 0.3 is 18.1 Å². The van der Waals surface area contributed by atoms with Crippen molar-refractivity contribution in [2.75, 3.05) is 10.6 Å². The van der Waals surface area contributed by atoms with Gasteiger partial charge < -0.3 is 14.8 Å². The van der Waals surface area contributed by atoms with Crippen LogP contribution in [-0.2, 0) is 22.5 Å². The summed E-state index contributed by atoms with van der Waals surface area (Å²) in [5, 5.41) is 5.84. The first-order chi connectivity index (χ1) is 24.4. The van der Waals surface area contributed by atoms with Crippen molar-refractivity contribution in [2.24, 2.45) is 23.2 Å². The number of carbonyl (C=O) groups is 3. The highest BCUT2D eigenvalue weighted by atomic mass is 16.6. The molecule has 1 aromatic heterocycles. The number of ether oxygens (including phenoxy) is 2. The highest BCUT2D eigenvalue weighted by Crippen LogP contribution is 2.61. The molecule has 51 heavy (non-hydrogen) atoms. The average Bonchev–Trinajstić information content (AvgIpc) is 3.43. The number of hydrogen-bond acceptors (Lipinski definition) is 6. The number of aromatic nitrogens is 2. The van der Waals surface area contributed by atoms with Gasteiger partial charge in [0, 0.05) is 11.3 Å². The Bertz CT molecular complexity index is 1890. The molecule has 4 bridgehead atoms. The normalized spacial score (nSPS) is 22.0. The Balaban J connectivity index is 1.17. The second kappa shape index (κ2) is 14.0. The summed E-state index contributed by atoms with van der Waals surface area (Å²) in [5.74, 6) is 2.65. The van der Waals surface area contributed by atoms with Gasteiger partial charge in [0.05, 0.1) is 11.3 Å². The fourth-order valence-corrected chi connectivity index (χ4v) is 9.07. The maximum absolute atomic E-state index is 14.1. The monoisotopic (exact) mass is 688 g/mol. The molecule has 0 saturated heterocycles. The Morgan fingerprint density at radius 3 is 2.20 bits per heavy atom. The third kappa shape index (κ3) is 7.87. The summed E-state index contributed by atoms with van der Waals surface area (Å²) < 4.78 is 13.0. The summed E-state index contributed by atoms with van der Waals surface area (Å²) in [6, 6.07) is 23.4. The molecule has 4 aliphatic rings. The van der Waals surface area contributed by atoms with Gasteiger partial charge in [0.25, 0.3) is 0 Å². The fourth-order valence-electron chi connectivity index (χ4n) is 9.07. The van der Waals surface area contributed by atoms with E-state index >= 15 is 0 Å². The van der Waals surface area contributed by atoms with Crippen molar-refractivity contribution in [3.8, 4) is 11.4 Å². The summed E-state index contributed by atoms with van der Waals surface area (Å²) >= 11 is 0. The van der Waals surface area contributed by atoms with Gasteiger partial charge in [-0.2, -0.15) is 0 Å². The molecule has 3 aromatic carbocycles. The molecule has 4 aromatic rings. The summed E-state index contributed by atoms with van der Waals surface area (Å²) in [4.78, 5) is 45.5. The van der Waals surface area contributed by atoms with E-state index in [9.17, 15) is 14.4 Å². The maximum atomic E-state index is 14.1. The van der Waals surface area contributed by atoms with Crippen molar-refractivity contribution in [3.63, 3.8) is 0 Å². The van der Waals surface area contributed by atoms with Gasteiger partial charge in [-0.05, 0) is 132 Å². The smallest absolute Gasteiger partial charge is 0.420 e. The first-order valence-corrected chi connectivity index (χ1v) is 18.2. The molecule has 9 heteroatoms. The molecule has 0 unspecified atom stereocenters. The standard InChI is InChI=1S/C42H48N4O5/c1-27-11-8-9-16-34(27)37-44-36(45-39(48)43-33-15-10-14-32(22-33)38(47)50-26-28-12-6-5-7-13-28)35(46(37)40(49)51-41(2,3)4)17-18-42-23-29-19-30(24-42)21-31(20-29)25-42/h5-16,22,29-31H,17-21,23-26H2,1-4H3,(H2,43,45,48). The molecule has 4 fully saturated rings. The van der Waals surface area contributed by atoms with Gasteiger partial charge in [-0.15, -0.1) is 0 Å². The topological polar surface area (TPSA) is 112 Å². The Labute approximate surface area is 300 Å². The van der Waals surface area contributed by atoms with Crippen molar-refractivity contribution >= 4 is 29.6 Å². The van der Waals surface area contributed by atoms with Crippen LogP contribution in [0.1, 0.15) is 92.9 Å². The Morgan fingerprint density at radius 2 is 1.53 bits per heavy atom. The van der Waals surface area contributed by atoms with E-state index in [-0.39, 0.29) is 12.0 Å². The second-order valence-electron chi connectivity index (χ2n) is 16.0. The Kier molecular flexibility index (Phi) is 9.48. The van der Waals surface area contributed by atoms with Crippen LogP contribution in [0.4, 0.5) is 21.1 Å². The number of benzene rings is 3. The number of imidazole rings is 1. The molecule has 2 amide bonds. The minimum absolute atomic E-state index is 0.146. The van der Waals surface area contributed by atoms with E-state index in [1.807, 2.05) is 82.3 Å². The third-order valence-electron chi connectivity index (χ3n) is 10.8. The average molecular weight is 689 g/mol. The molecule has 0 aliphatic heterocycles. The zero-order valence-electron chi connectivity index (χ0n) is 30.0. The molecule has 4 aliphatic carbocycles. The molecule has 2 N–H and O–H groups in total. The van der Waals surface area contributed by atoms with E-state index in [1.165, 1.54) is 38.5 Å². The molecule has 0 atom stereocenters. The number of nitrogens with zero attached hydrogens (tertiary/aromatic N) is 2. The summed E-state index contributed by atoms with van der Waals surface area (Å²) in [6.45, 7) is 7.68. The molecular weight excluding hydrogens is 640 g/mol. The van der Waals surface area contributed by atoms with Gasteiger partial charge in [0.1, 0.15) is 12.2 Å². The van der Waals surface area contributed by atoms with Crippen LogP contribution in [0.5, 0.6) is 0 Å². The Morgan fingerprint density at radius 1 is 0.863 bits per heavy atom. The molecule has 0 radical (unpaired) electrons. The minimum atomic E-state index is -0.736. The zero-order chi connectivity index (χ0) is 35.8. The van der Waals surface area contributed by atoms with Crippen LogP contribution in [0.2, 0.25) is 0 Å². The van der Waals surface area contributed by atoms with Gasteiger partial charge in [-0.1, -0.05) is 60.7 Å². The van der Waals surface area contributed by atoms with Gasteiger partial charge in [0.15, 0.2) is 11.6 Å². The number of hydrogen-bond donors (Lipinski definition) is 2. The number of aryl methyl sites for hydroxylation is 1. The van der Waals surface area contributed by atoms with E-state index in [2.05, 4.69) is 10.6 Å². The molecule has 266 valence electrons. The van der Waals surface area contributed by atoms with Crippen LogP contribution in [0.15, 0.2) is 78.9 Å². The Hall–Kier alpha value is -4.92. The molecule has 9 nitrogen and oxygen atoms in total. The fraction of sp³-hybridized carbons (Fsp3) is 0.429. The summed E-state index contributed by atoms with van der Waals surface area (Å²) in [6.07, 6.45) is 8.73. The minimum Gasteiger partial charge on any atom is -0.457 e. The third-order valence-corrected chi connectivity index (χ3v) is 10.8. The number of amides is 2. The molecular formula is C42H48N4O5. The van der Waals surface area contributed by atoms with E-state index < -0.39 is 23.7 Å². The van der Waals surface area contributed by atoms with Crippen molar-refractivity contribution in [1.82, 2.24) is 9.55 Å². The second-order valence-corrected chi connectivity index (χ2v) is 16.0. The van der Waals surface area contributed by atoms with Crippen molar-refractivity contribution < 1.29 is 23.9 Å². The van der Waals surface area contributed by atoms with Crippen molar-refractivity contribution in [2.45, 2.75) is 91.3 Å². The zero-order valence-corrected chi connectivity index (χ0v) is 30.0. The van der Waals surface area contributed by atoms with Crippen LogP contribution >= 0.6 is 0 Å². The SMILES string of the molecule is Cc1ccccc1-c1nc(NC(=O)Nc2cccc(C(=O)OCc3ccccc3)c2)c(CCC23CC4CC(CC(C4)C2)C3)n1C(=O)OC(C)(C)C. The number of urea groups is 1. The number of nitrogens with one attached hydrogen (secondary N) is 2. The highest BCUT2D eigenvalue weighted by Gasteiger charge is 2.50. The maximum Gasteiger partial charge on any atom is 0.420 e. The highest BCUT2D eigenvalue weighted by molar-refractivity contribution is 6.01. The molecule has 8 rings (SSSR count). The lowest BCUT2D eigenvalue weighted by Crippen LogP contribution is -2.46. The van der Waals surface area contributed by atoms with Crippen molar-refractivity contribution in [3.05, 3.63) is 101 Å². The molecule has 1 heterocycles. The number of carbonyl (C=O) groups excluding carboxylic acids is 3. The quantitative estimate of drug-likeness (QED) is 0.169. The molecule has 4 saturated carbocycles. The van der Waals surface area contributed by atoms with E-state index in [1.54, 1.807) is 28.8 Å². The van der Waals surface area contributed by atoms with Crippen LogP contribution in [0.3, 0.4) is 0 Å². The van der Waals surface area contributed by atoms with Gasteiger partial charge in [-0.3, -0.25) is 5.32 Å². The van der Waals surface area contributed by atoms with Crippen LogP contribution < -0.4 is 10.6 Å². The lowest BCUT2D eigenvalue weighted by Gasteiger charge is -2.57. The number of rotatable bonds is 9. The summed E-state index contributed by atoms with van der Waals surface area (Å²) in [5.41, 5.74) is 3.50. The van der Waals surface area contributed by atoms with Gasteiger partial charge in [-0.25, -0.2) is 23.9 Å². The number of esters is 1. The largest absolute Gasteiger partial charge is 0.457 e. The first-order valence-electron chi connectivity index (χ1n) is 18.2. The number of anilines is 2. The molecule has 0 spiro atoms. The summed E-state index contributed by atoms with van der Waals surface area (Å²) in [7, 11) is 0.